The molecule has 0 unspecified atom stereocenters. The summed E-state index contributed by atoms with van der Waals surface area (Å²) in [6.45, 7) is 4.39. The average Bonchev–Trinajstić information content (AvgIpc) is 1.41. The fourth-order valence-electron chi connectivity index (χ4n) is 0.0722. The van der Waals surface area contributed by atoms with Crippen molar-refractivity contribution in [2.45, 2.75) is 0 Å². The number of hydrogen-bond acceptors (Lipinski definition) is 1. The van der Waals surface area contributed by atoms with Gasteiger partial charge in [-0.3, -0.25) is 0 Å². The SMILES string of the molecule is C=CC[NH][Ti]. The average molecular weight is 104 g/mol. The van der Waals surface area contributed by atoms with Crippen molar-refractivity contribution in [2.24, 2.45) is 0 Å². The first kappa shape index (κ1) is 5.41. The second kappa shape index (κ2) is 4.41. The fourth-order valence-corrected chi connectivity index (χ4v) is 0.298. The molecule has 27 valence electrons. The van der Waals surface area contributed by atoms with Gasteiger partial charge in [0.1, 0.15) is 0 Å². The van der Waals surface area contributed by atoms with E-state index < -0.39 is 0 Å². The quantitative estimate of drug-likeness (QED) is 0.390. The summed E-state index contributed by atoms with van der Waals surface area (Å²) in [6.07, 6.45) is 1.82. The van der Waals surface area contributed by atoms with Crippen molar-refractivity contribution in [3.05, 3.63) is 12.7 Å². The Bertz CT molecular complexity index is 28.1. The third-order valence-electron chi connectivity index (χ3n) is 0.246. The Morgan fingerprint density at radius 1 is 2.00 bits per heavy atom. The summed E-state index contributed by atoms with van der Waals surface area (Å²) in [5.41, 5.74) is 0. The standard InChI is InChI=1S/C3H6N.Ti/c1-2-3-4;/h2,4H,1,3H2;/q-1;+1. The van der Waals surface area contributed by atoms with E-state index in [2.05, 4.69) is 10.4 Å². The van der Waals surface area contributed by atoms with Crippen LogP contribution in [0.15, 0.2) is 12.7 Å². The van der Waals surface area contributed by atoms with Gasteiger partial charge in [0.2, 0.25) is 0 Å². The van der Waals surface area contributed by atoms with E-state index in [9.17, 15) is 0 Å². The first-order valence-electron chi connectivity index (χ1n) is 1.42. The van der Waals surface area contributed by atoms with Gasteiger partial charge in [0.15, 0.2) is 0 Å². The molecule has 0 atom stereocenters. The maximum atomic E-state index is 3.49. The van der Waals surface area contributed by atoms with Gasteiger partial charge in [0.05, 0.1) is 0 Å². The maximum absolute atomic E-state index is 3.49. The zero-order chi connectivity index (χ0) is 4.12. The second-order valence-electron chi connectivity index (χ2n) is 0.670. The molecule has 0 aromatic heterocycles. The van der Waals surface area contributed by atoms with Gasteiger partial charge in [-0.15, -0.1) is 0 Å². The molecule has 0 rings (SSSR count). The van der Waals surface area contributed by atoms with Crippen LogP contribution < -0.4 is 3.80 Å². The second-order valence-corrected chi connectivity index (χ2v) is 1.22. The predicted molar refractivity (Wildman–Crippen MR) is 18.2 cm³/mol. The van der Waals surface area contributed by atoms with Crippen molar-refractivity contribution < 1.29 is 20.7 Å². The van der Waals surface area contributed by atoms with Crippen LogP contribution in [-0.4, -0.2) is 6.54 Å². The van der Waals surface area contributed by atoms with Crippen LogP contribution in [0.1, 0.15) is 0 Å². The summed E-state index contributed by atoms with van der Waals surface area (Å²) >= 11 is 1.89. The summed E-state index contributed by atoms with van der Waals surface area (Å²) in [6, 6.07) is 0. The van der Waals surface area contributed by atoms with E-state index in [4.69, 9.17) is 0 Å². The fraction of sp³-hybridized carbons (Fsp3) is 0.333. The number of hydrogen-bond donors (Lipinski definition) is 1. The molecule has 0 heterocycles. The Labute approximate surface area is 44.2 Å². The third-order valence-corrected chi connectivity index (χ3v) is 0.565. The van der Waals surface area contributed by atoms with Gasteiger partial charge < -0.3 is 0 Å². The van der Waals surface area contributed by atoms with E-state index in [1.54, 1.807) is 0 Å². The Kier molecular flexibility index (Phi) is 4.78. The molecule has 1 nitrogen and oxygen atoms in total. The van der Waals surface area contributed by atoms with Crippen LogP contribution in [0.4, 0.5) is 0 Å². The van der Waals surface area contributed by atoms with Crippen LogP contribution in [0.25, 0.3) is 0 Å². The minimum absolute atomic E-state index is 0.903. The Hall–Kier alpha value is 0.414. The van der Waals surface area contributed by atoms with Crippen molar-refractivity contribution in [2.75, 3.05) is 6.54 Å². The van der Waals surface area contributed by atoms with Gasteiger partial charge >= 0.3 is 43.7 Å². The molecule has 5 heavy (non-hydrogen) atoms. The molecule has 0 aliphatic rings. The zero-order valence-electron chi connectivity index (χ0n) is 2.99. The van der Waals surface area contributed by atoms with E-state index >= 15 is 0 Å². The van der Waals surface area contributed by atoms with Gasteiger partial charge in [-0.05, 0) is 0 Å². The molecule has 0 fully saturated rings. The van der Waals surface area contributed by atoms with Gasteiger partial charge in [-0.25, -0.2) is 0 Å². The molecule has 0 saturated heterocycles. The van der Waals surface area contributed by atoms with Crippen LogP contribution in [0.5, 0.6) is 0 Å². The van der Waals surface area contributed by atoms with E-state index in [1.807, 2.05) is 26.8 Å². The van der Waals surface area contributed by atoms with Crippen LogP contribution in [0.2, 0.25) is 0 Å². The predicted octanol–water partition coefficient (Wildman–Crippen LogP) is 0.224. The van der Waals surface area contributed by atoms with Crippen molar-refractivity contribution >= 4 is 0 Å². The number of rotatable bonds is 2. The first-order chi connectivity index (χ1) is 2.41. The van der Waals surface area contributed by atoms with Crippen molar-refractivity contribution in [3.63, 3.8) is 0 Å². The molecule has 2 heteroatoms. The molecule has 0 aliphatic heterocycles. The topological polar surface area (TPSA) is 12.0 Å². The molecule has 1 N–H and O–H groups in total. The molecule has 0 aromatic carbocycles. The molecule has 0 aliphatic carbocycles. The van der Waals surface area contributed by atoms with Crippen molar-refractivity contribution in [1.29, 1.82) is 0 Å². The summed E-state index contributed by atoms with van der Waals surface area (Å²) in [7, 11) is 0. The molecule has 0 bridgehead atoms. The van der Waals surface area contributed by atoms with Gasteiger partial charge in [-0.1, -0.05) is 0 Å². The normalized spacial score (nSPS) is 7.00. The van der Waals surface area contributed by atoms with Crippen LogP contribution in [0.3, 0.4) is 0 Å². The van der Waals surface area contributed by atoms with E-state index in [0.717, 1.165) is 6.54 Å². The monoisotopic (exact) mass is 104 g/mol. The van der Waals surface area contributed by atoms with Crippen LogP contribution in [-0.2, 0) is 20.7 Å². The van der Waals surface area contributed by atoms with E-state index in [-0.39, 0.29) is 0 Å². The summed E-state index contributed by atoms with van der Waals surface area (Å²) < 4.78 is 2.90. The van der Waals surface area contributed by atoms with Gasteiger partial charge in [0.25, 0.3) is 0 Å². The Morgan fingerprint density at radius 2 is 2.60 bits per heavy atom. The third kappa shape index (κ3) is 4.41. The van der Waals surface area contributed by atoms with Crippen molar-refractivity contribution in [1.82, 2.24) is 3.80 Å². The molecule has 0 spiro atoms. The van der Waals surface area contributed by atoms with Crippen molar-refractivity contribution in [3.8, 4) is 0 Å². The first-order valence-corrected chi connectivity index (χ1v) is 2.20. The zero-order valence-corrected chi connectivity index (χ0v) is 4.55. The van der Waals surface area contributed by atoms with Crippen LogP contribution in [0, 0.1) is 0 Å². The van der Waals surface area contributed by atoms with Gasteiger partial charge in [0, 0.05) is 0 Å². The molecule has 0 aromatic rings. The number of nitrogens with one attached hydrogen (secondary N) is 1. The summed E-state index contributed by atoms with van der Waals surface area (Å²) in [5.74, 6) is 0. The Balaban J connectivity index is 2.40. The van der Waals surface area contributed by atoms with Gasteiger partial charge in [-0.2, -0.15) is 0 Å². The summed E-state index contributed by atoms with van der Waals surface area (Å²) in [5, 5.41) is 0. The minimum atomic E-state index is 0.903. The van der Waals surface area contributed by atoms with Crippen LogP contribution >= 0.6 is 0 Å². The van der Waals surface area contributed by atoms with E-state index in [0.29, 0.717) is 0 Å². The molecular weight excluding hydrogens is 97.9 g/mol. The molecule has 0 radical (unpaired) electrons. The molecular formula is C3H6NTi. The summed E-state index contributed by atoms with van der Waals surface area (Å²) in [4.78, 5) is 0. The molecule has 0 saturated carbocycles. The molecule has 0 amide bonds. The van der Waals surface area contributed by atoms with E-state index in [1.165, 1.54) is 0 Å². The Morgan fingerprint density at radius 3 is 2.60 bits per heavy atom.